The summed E-state index contributed by atoms with van der Waals surface area (Å²) in [5.74, 6) is 0.403. The highest BCUT2D eigenvalue weighted by Gasteiger charge is 2.13. The minimum Gasteiger partial charge on any atom is -0.467 e. The number of amides is 2. The van der Waals surface area contributed by atoms with Gasteiger partial charge in [0.15, 0.2) is 0 Å². The van der Waals surface area contributed by atoms with E-state index in [9.17, 15) is 9.59 Å². The van der Waals surface area contributed by atoms with Crippen molar-refractivity contribution in [2.75, 3.05) is 11.1 Å². The molecule has 0 radical (unpaired) electrons. The van der Waals surface area contributed by atoms with Gasteiger partial charge in [-0.25, -0.2) is 0 Å². The number of carbonyl (C=O) groups is 2. The second kappa shape index (κ2) is 9.44. The summed E-state index contributed by atoms with van der Waals surface area (Å²) in [7, 11) is 0. The molecule has 0 aliphatic heterocycles. The zero-order valence-corrected chi connectivity index (χ0v) is 15.7. The highest BCUT2D eigenvalue weighted by molar-refractivity contribution is 8.00. The van der Waals surface area contributed by atoms with Gasteiger partial charge in [-0.1, -0.05) is 18.2 Å². The number of rotatable bonds is 7. The number of anilines is 1. The molecule has 1 heterocycles. The summed E-state index contributed by atoms with van der Waals surface area (Å²) in [6, 6.07) is 19.4. The van der Waals surface area contributed by atoms with Crippen LogP contribution in [0.25, 0.3) is 0 Å². The number of nitriles is 1. The van der Waals surface area contributed by atoms with Gasteiger partial charge in [0.2, 0.25) is 5.91 Å². The predicted molar refractivity (Wildman–Crippen MR) is 107 cm³/mol. The Morgan fingerprint density at radius 2 is 1.93 bits per heavy atom. The van der Waals surface area contributed by atoms with E-state index in [1.54, 1.807) is 60.9 Å². The molecule has 2 N–H and O–H groups in total. The Labute approximate surface area is 166 Å². The van der Waals surface area contributed by atoms with Crippen LogP contribution in [0.5, 0.6) is 0 Å². The third-order valence-electron chi connectivity index (χ3n) is 3.78. The van der Waals surface area contributed by atoms with E-state index in [0.29, 0.717) is 34.0 Å². The van der Waals surface area contributed by atoms with Gasteiger partial charge in [-0.15, -0.1) is 11.8 Å². The molecule has 6 nitrogen and oxygen atoms in total. The lowest BCUT2D eigenvalue weighted by Gasteiger charge is -2.10. The highest BCUT2D eigenvalue weighted by atomic mass is 32.2. The van der Waals surface area contributed by atoms with Crippen LogP contribution in [0.1, 0.15) is 21.7 Å². The van der Waals surface area contributed by atoms with Crippen LogP contribution in [-0.4, -0.2) is 17.6 Å². The van der Waals surface area contributed by atoms with E-state index in [4.69, 9.17) is 9.68 Å². The lowest BCUT2D eigenvalue weighted by Crippen LogP contribution is -2.24. The van der Waals surface area contributed by atoms with Crippen LogP contribution in [0.15, 0.2) is 76.2 Å². The second-order valence-electron chi connectivity index (χ2n) is 5.79. The summed E-state index contributed by atoms with van der Waals surface area (Å²) in [6.45, 7) is 0.323. The Morgan fingerprint density at radius 3 is 2.71 bits per heavy atom. The van der Waals surface area contributed by atoms with Crippen molar-refractivity contribution < 1.29 is 14.0 Å². The fraction of sp³-hybridized carbons (Fsp3) is 0.0952. The molecule has 0 aliphatic rings. The van der Waals surface area contributed by atoms with Gasteiger partial charge in [0, 0.05) is 10.6 Å². The summed E-state index contributed by atoms with van der Waals surface area (Å²) in [6.07, 6.45) is 1.55. The Kier molecular flexibility index (Phi) is 6.50. The molecule has 0 unspecified atom stereocenters. The van der Waals surface area contributed by atoms with Crippen LogP contribution in [0.3, 0.4) is 0 Å². The van der Waals surface area contributed by atoms with Gasteiger partial charge in [0.25, 0.3) is 5.91 Å². The van der Waals surface area contributed by atoms with Crippen LogP contribution in [0, 0.1) is 11.3 Å². The van der Waals surface area contributed by atoms with Gasteiger partial charge in [-0.2, -0.15) is 5.26 Å². The number of nitrogens with one attached hydrogen (secondary N) is 2. The first kappa shape index (κ1) is 19.3. The van der Waals surface area contributed by atoms with E-state index in [2.05, 4.69) is 10.6 Å². The van der Waals surface area contributed by atoms with Crippen LogP contribution >= 0.6 is 11.8 Å². The molecular weight excluding hydrogens is 374 g/mol. The van der Waals surface area contributed by atoms with Gasteiger partial charge in [-0.05, 0) is 42.5 Å². The molecule has 2 amide bonds. The normalized spacial score (nSPS) is 10.1. The van der Waals surface area contributed by atoms with Gasteiger partial charge < -0.3 is 15.1 Å². The SMILES string of the molecule is N#Cc1cccc(NC(=O)c2ccccc2SCC(=O)NCc2ccco2)c1. The molecule has 0 atom stereocenters. The molecule has 0 spiro atoms. The number of carbonyl (C=O) groups excluding carboxylic acids is 2. The Morgan fingerprint density at radius 1 is 1.07 bits per heavy atom. The molecular formula is C21H17N3O3S. The van der Waals surface area contributed by atoms with Crippen molar-refractivity contribution >= 4 is 29.3 Å². The van der Waals surface area contributed by atoms with Gasteiger partial charge in [0.1, 0.15) is 5.76 Å². The van der Waals surface area contributed by atoms with Gasteiger partial charge >= 0.3 is 0 Å². The largest absolute Gasteiger partial charge is 0.467 e. The first-order valence-electron chi connectivity index (χ1n) is 8.48. The van der Waals surface area contributed by atoms with E-state index in [-0.39, 0.29) is 17.6 Å². The zero-order chi connectivity index (χ0) is 19.8. The summed E-state index contributed by atoms with van der Waals surface area (Å²) in [4.78, 5) is 25.4. The lowest BCUT2D eigenvalue weighted by molar-refractivity contribution is -0.118. The molecule has 2 aromatic carbocycles. The molecule has 28 heavy (non-hydrogen) atoms. The molecule has 0 fully saturated rings. The smallest absolute Gasteiger partial charge is 0.256 e. The van der Waals surface area contributed by atoms with Crippen molar-refractivity contribution in [1.82, 2.24) is 5.32 Å². The van der Waals surface area contributed by atoms with E-state index < -0.39 is 0 Å². The van der Waals surface area contributed by atoms with Crippen molar-refractivity contribution in [2.24, 2.45) is 0 Å². The van der Waals surface area contributed by atoms with Crippen LogP contribution in [-0.2, 0) is 11.3 Å². The molecule has 1 aromatic heterocycles. The Bertz CT molecular complexity index is 1010. The topological polar surface area (TPSA) is 95.1 Å². The van der Waals surface area contributed by atoms with Crippen LogP contribution in [0.2, 0.25) is 0 Å². The summed E-state index contributed by atoms with van der Waals surface area (Å²) >= 11 is 1.28. The Hall–Kier alpha value is -3.50. The minimum absolute atomic E-state index is 0.154. The Balaban J connectivity index is 1.61. The molecule has 140 valence electrons. The first-order chi connectivity index (χ1) is 13.7. The van der Waals surface area contributed by atoms with E-state index >= 15 is 0 Å². The van der Waals surface area contributed by atoms with Crippen LogP contribution < -0.4 is 10.6 Å². The molecule has 0 bridgehead atoms. The molecule has 3 aromatic rings. The third kappa shape index (κ3) is 5.25. The number of thioether (sulfide) groups is 1. The van der Waals surface area contributed by atoms with E-state index in [1.165, 1.54) is 11.8 Å². The quantitative estimate of drug-likeness (QED) is 0.597. The zero-order valence-electron chi connectivity index (χ0n) is 14.8. The molecule has 7 heteroatoms. The fourth-order valence-electron chi connectivity index (χ4n) is 2.44. The van der Waals surface area contributed by atoms with Crippen LogP contribution in [0.4, 0.5) is 5.69 Å². The number of nitrogens with zero attached hydrogens (tertiary/aromatic N) is 1. The highest BCUT2D eigenvalue weighted by Crippen LogP contribution is 2.23. The fourth-order valence-corrected chi connectivity index (χ4v) is 3.32. The predicted octanol–water partition coefficient (Wildman–Crippen LogP) is 3.81. The van der Waals surface area contributed by atoms with Crippen molar-refractivity contribution in [2.45, 2.75) is 11.4 Å². The van der Waals surface area contributed by atoms with Crippen molar-refractivity contribution in [3.63, 3.8) is 0 Å². The minimum atomic E-state index is -0.297. The molecule has 0 aliphatic carbocycles. The molecule has 3 rings (SSSR count). The second-order valence-corrected chi connectivity index (χ2v) is 6.80. The van der Waals surface area contributed by atoms with Gasteiger partial charge in [0.05, 0.1) is 35.8 Å². The summed E-state index contributed by atoms with van der Waals surface area (Å²) < 4.78 is 5.18. The summed E-state index contributed by atoms with van der Waals surface area (Å²) in [5, 5.41) is 14.5. The van der Waals surface area contributed by atoms with E-state index in [1.807, 2.05) is 12.1 Å². The number of hydrogen-bond donors (Lipinski definition) is 2. The standard InChI is InChI=1S/C21H17N3O3S/c22-12-15-5-3-6-16(11-15)24-21(26)18-8-1-2-9-19(18)28-14-20(25)23-13-17-7-4-10-27-17/h1-11H,13-14H2,(H,23,25)(H,24,26). The monoisotopic (exact) mass is 391 g/mol. The lowest BCUT2D eigenvalue weighted by atomic mass is 10.2. The first-order valence-corrected chi connectivity index (χ1v) is 9.46. The average molecular weight is 391 g/mol. The molecule has 0 saturated carbocycles. The average Bonchev–Trinajstić information content (AvgIpc) is 3.24. The number of furan rings is 1. The van der Waals surface area contributed by atoms with Crippen molar-refractivity contribution in [1.29, 1.82) is 5.26 Å². The third-order valence-corrected chi connectivity index (χ3v) is 4.85. The molecule has 0 saturated heterocycles. The summed E-state index contributed by atoms with van der Waals surface area (Å²) in [5.41, 5.74) is 1.47. The van der Waals surface area contributed by atoms with Gasteiger partial charge in [-0.3, -0.25) is 9.59 Å². The van der Waals surface area contributed by atoms with E-state index in [0.717, 1.165) is 0 Å². The number of hydrogen-bond acceptors (Lipinski definition) is 5. The van der Waals surface area contributed by atoms with Crippen molar-refractivity contribution in [3.05, 3.63) is 83.8 Å². The number of benzene rings is 2. The maximum atomic E-state index is 12.6. The maximum Gasteiger partial charge on any atom is 0.256 e. The van der Waals surface area contributed by atoms with Crippen molar-refractivity contribution in [3.8, 4) is 6.07 Å². The maximum absolute atomic E-state index is 12.6.